The number of carbonyl (C=O) groups is 3. The van der Waals surface area contributed by atoms with Crippen molar-refractivity contribution in [3.05, 3.63) is 12.2 Å². The van der Waals surface area contributed by atoms with Gasteiger partial charge in [0.25, 0.3) is 0 Å². The van der Waals surface area contributed by atoms with E-state index in [4.69, 9.17) is 18.9 Å². The molecule has 3 heterocycles. The van der Waals surface area contributed by atoms with Gasteiger partial charge in [-0.1, -0.05) is 27.7 Å². The molecule has 0 bridgehead atoms. The Labute approximate surface area is 249 Å². The Morgan fingerprint density at radius 2 is 1.79 bits per heavy atom. The SMILES string of the molecule is CCC1OC(=O)CC(O)C(C)C(OC2OC(C)CC(N(C)C)C2O)C(CC(=O)O)CC(C)C(=O)/C=C/C2(C)OC2C1C. The molecule has 13 unspecified atom stereocenters. The van der Waals surface area contributed by atoms with Crippen LogP contribution < -0.4 is 0 Å². The molecule has 3 aliphatic heterocycles. The highest BCUT2D eigenvalue weighted by atomic mass is 16.7. The van der Waals surface area contributed by atoms with Gasteiger partial charge in [0.2, 0.25) is 0 Å². The molecule has 0 aliphatic carbocycles. The zero-order valence-electron chi connectivity index (χ0n) is 26.3. The maximum Gasteiger partial charge on any atom is 0.308 e. The minimum absolute atomic E-state index is 0.142. The number of carbonyl (C=O) groups excluding carboxylic acids is 2. The van der Waals surface area contributed by atoms with Gasteiger partial charge in [-0.25, -0.2) is 0 Å². The van der Waals surface area contributed by atoms with Gasteiger partial charge < -0.3 is 39.2 Å². The van der Waals surface area contributed by atoms with Crippen LogP contribution in [0, 0.1) is 23.7 Å². The molecule has 11 heteroatoms. The summed E-state index contributed by atoms with van der Waals surface area (Å²) in [5.74, 6) is -4.05. The van der Waals surface area contributed by atoms with Crippen LogP contribution in [0.15, 0.2) is 12.2 Å². The molecule has 3 N–H and O–H groups in total. The zero-order valence-corrected chi connectivity index (χ0v) is 26.3. The van der Waals surface area contributed by atoms with Gasteiger partial charge in [0.1, 0.15) is 17.8 Å². The Hall–Kier alpha value is -1.89. The Bertz CT molecular complexity index is 987. The molecule has 0 aromatic heterocycles. The predicted octanol–water partition coefficient (Wildman–Crippen LogP) is 2.56. The first-order chi connectivity index (χ1) is 19.6. The number of rotatable bonds is 6. The molecule has 3 aliphatic rings. The largest absolute Gasteiger partial charge is 0.481 e. The first kappa shape index (κ1) is 34.6. The number of carboxylic acid groups (broad SMARTS) is 1. The van der Waals surface area contributed by atoms with Crippen LogP contribution >= 0.6 is 0 Å². The number of aliphatic hydroxyl groups is 2. The van der Waals surface area contributed by atoms with E-state index in [1.807, 2.05) is 46.7 Å². The lowest BCUT2D eigenvalue weighted by Crippen LogP contribution is -2.56. The molecule has 0 aromatic rings. The summed E-state index contributed by atoms with van der Waals surface area (Å²) in [5.41, 5.74) is -0.681. The standard InChI is InChI=1S/C31H51NO10/c1-9-24-19(5)29-31(6,42-29)11-10-22(33)16(2)12-20(14-25(35)36)28(18(4)23(34)15-26(37)40-24)41-30-27(38)21(32(7)8)13-17(3)39-30/h10-11,16-21,23-24,27-30,34,38H,9,12-15H2,1-8H3,(H,35,36)/b11-10+. The fraction of sp³-hybridized carbons (Fsp3) is 0.839. The van der Waals surface area contributed by atoms with E-state index in [2.05, 4.69) is 0 Å². The van der Waals surface area contributed by atoms with Crippen LogP contribution in [-0.2, 0) is 33.3 Å². The summed E-state index contributed by atoms with van der Waals surface area (Å²) in [7, 11) is 3.70. The number of allylic oxidation sites excluding steroid dienone is 1. The quantitative estimate of drug-likeness (QED) is 0.306. The second-order valence-corrected chi connectivity index (χ2v) is 13.1. The number of hydrogen-bond acceptors (Lipinski definition) is 10. The lowest BCUT2D eigenvalue weighted by molar-refractivity contribution is -0.283. The normalized spacial score (nSPS) is 44.7. The Kier molecular flexibility index (Phi) is 11.7. The van der Waals surface area contributed by atoms with E-state index in [1.54, 1.807) is 19.9 Å². The fourth-order valence-corrected chi connectivity index (χ4v) is 6.57. The number of esters is 1. The summed E-state index contributed by atoms with van der Waals surface area (Å²) < 4.78 is 24.1. The van der Waals surface area contributed by atoms with E-state index in [-0.39, 0.29) is 49.2 Å². The first-order valence-electron chi connectivity index (χ1n) is 15.2. The lowest BCUT2D eigenvalue weighted by Gasteiger charge is -2.44. The highest BCUT2D eigenvalue weighted by molar-refractivity contribution is 5.91. The molecule has 0 spiro atoms. The maximum absolute atomic E-state index is 13.2. The molecule has 0 aromatic carbocycles. The van der Waals surface area contributed by atoms with Gasteiger partial charge in [-0.3, -0.25) is 14.4 Å². The van der Waals surface area contributed by atoms with Crippen molar-refractivity contribution in [2.24, 2.45) is 23.7 Å². The van der Waals surface area contributed by atoms with Crippen molar-refractivity contribution in [2.45, 2.75) is 128 Å². The van der Waals surface area contributed by atoms with E-state index in [9.17, 15) is 29.7 Å². The molecule has 11 nitrogen and oxygen atoms in total. The number of fused-ring (bicyclic) bond motifs is 1. The van der Waals surface area contributed by atoms with E-state index in [0.29, 0.717) is 12.8 Å². The summed E-state index contributed by atoms with van der Waals surface area (Å²) in [6.07, 6.45) is -1.49. The van der Waals surface area contributed by atoms with Crippen LogP contribution in [0.3, 0.4) is 0 Å². The van der Waals surface area contributed by atoms with Crippen LogP contribution in [0.5, 0.6) is 0 Å². The molecule has 42 heavy (non-hydrogen) atoms. The summed E-state index contributed by atoms with van der Waals surface area (Å²) in [6, 6.07) is -0.272. The van der Waals surface area contributed by atoms with Crippen molar-refractivity contribution in [3.63, 3.8) is 0 Å². The number of likely N-dealkylation sites (N-methyl/N-ethyl adjacent to an activating group) is 1. The minimum atomic E-state index is -1.24. The number of aliphatic carboxylic acids is 1. The summed E-state index contributed by atoms with van der Waals surface area (Å²) in [6.45, 7) is 11.0. The lowest BCUT2D eigenvalue weighted by atomic mass is 9.79. The summed E-state index contributed by atoms with van der Waals surface area (Å²) >= 11 is 0. The topological polar surface area (TPSA) is 155 Å². The average molecular weight is 598 g/mol. The monoisotopic (exact) mass is 597 g/mol. The molecule has 13 atom stereocenters. The van der Waals surface area contributed by atoms with Crippen molar-refractivity contribution in [1.29, 1.82) is 0 Å². The second kappa shape index (κ2) is 14.3. The Morgan fingerprint density at radius 1 is 1.12 bits per heavy atom. The van der Waals surface area contributed by atoms with Gasteiger partial charge in [-0.15, -0.1) is 0 Å². The molecule has 3 rings (SSSR count). The van der Waals surface area contributed by atoms with Crippen molar-refractivity contribution in [2.75, 3.05) is 14.1 Å². The molecule has 2 saturated heterocycles. The third-order valence-corrected chi connectivity index (χ3v) is 9.33. The van der Waals surface area contributed by atoms with E-state index in [0.717, 1.165) is 0 Å². The number of hydrogen-bond donors (Lipinski definition) is 3. The molecule has 0 amide bonds. The van der Waals surface area contributed by atoms with Crippen molar-refractivity contribution < 1.29 is 48.7 Å². The first-order valence-corrected chi connectivity index (χ1v) is 15.2. The third-order valence-electron chi connectivity index (χ3n) is 9.33. The molecule has 2 fully saturated rings. The number of ketones is 1. The average Bonchev–Trinajstić information content (AvgIpc) is 3.59. The molecular weight excluding hydrogens is 546 g/mol. The second-order valence-electron chi connectivity index (χ2n) is 13.1. The maximum atomic E-state index is 13.2. The predicted molar refractivity (Wildman–Crippen MR) is 153 cm³/mol. The van der Waals surface area contributed by atoms with Crippen molar-refractivity contribution in [1.82, 2.24) is 4.90 Å². The van der Waals surface area contributed by atoms with E-state index < -0.39 is 66.0 Å². The van der Waals surface area contributed by atoms with E-state index >= 15 is 0 Å². The van der Waals surface area contributed by atoms with Crippen LogP contribution in [0.2, 0.25) is 0 Å². The summed E-state index contributed by atoms with van der Waals surface area (Å²) in [4.78, 5) is 40.2. The number of aliphatic hydroxyl groups excluding tert-OH is 2. The van der Waals surface area contributed by atoms with Gasteiger partial charge >= 0.3 is 11.9 Å². The zero-order chi connectivity index (χ0) is 31.5. The van der Waals surface area contributed by atoms with Crippen LogP contribution in [0.25, 0.3) is 0 Å². The van der Waals surface area contributed by atoms with Crippen LogP contribution in [-0.4, -0.2) is 107 Å². The van der Waals surface area contributed by atoms with Crippen LogP contribution in [0.1, 0.15) is 73.6 Å². The molecule has 0 radical (unpaired) electrons. The number of cyclic esters (lactones) is 1. The molecular formula is C31H51NO10. The Morgan fingerprint density at radius 3 is 2.38 bits per heavy atom. The van der Waals surface area contributed by atoms with Gasteiger partial charge in [0.15, 0.2) is 12.1 Å². The molecule has 240 valence electrons. The van der Waals surface area contributed by atoms with Crippen molar-refractivity contribution >= 4 is 17.7 Å². The fourth-order valence-electron chi connectivity index (χ4n) is 6.57. The van der Waals surface area contributed by atoms with Gasteiger partial charge in [-0.2, -0.15) is 0 Å². The van der Waals surface area contributed by atoms with Gasteiger partial charge in [0.05, 0.1) is 37.3 Å². The van der Waals surface area contributed by atoms with Gasteiger partial charge in [-0.05, 0) is 65.3 Å². The van der Waals surface area contributed by atoms with E-state index in [1.165, 1.54) is 6.08 Å². The van der Waals surface area contributed by atoms with Crippen molar-refractivity contribution in [3.8, 4) is 0 Å². The highest BCUT2D eigenvalue weighted by Gasteiger charge is 2.55. The number of nitrogens with zero attached hydrogens (tertiary/aromatic N) is 1. The Balaban J connectivity index is 1.98. The molecule has 0 saturated carbocycles. The summed E-state index contributed by atoms with van der Waals surface area (Å²) in [5, 5.41) is 32.3. The number of carboxylic acids is 1. The van der Waals surface area contributed by atoms with Gasteiger partial charge in [0, 0.05) is 23.8 Å². The minimum Gasteiger partial charge on any atom is -0.481 e. The van der Waals surface area contributed by atoms with Crippen LogP contribution in [0.4, 0.5) is 0 Å². The smallest absolute Gasteiger partial charge is 0.308 e. The number of epoxide rings is 1. The number of ether oxygens (including phenoxy) is 4. The third kappa shape index (κ3) is 8.39. The highest BCUT2D eigenvalue weighted by Crippen LogP contribution is 2.45.